The van der Waals surface area contributed by atoms with Crippen LogP contribution in [0.5, 0.6) is 0 Å². The van der Waals surface area contributed by atoms with Gasteiger partial charge in [0.1, 0.15) is 0 Å². The molecule has 0 atom stereocenters. The molecule has 1 aliphatic carbocycles. The average Bonchev–Trinajstić information content (AvgIpc) is 2.20. The molecule has 0 unspecified atom stereocenters. The van der Waals surface area contributed by atoms with Crippen molar-refractivity contribution in [2.45, 2.75) is 20.3 Å². The van der Waals surface area contributed by atoms with E-state index >= 15 is 0 Å². The van der Waals surface area contributed by atoms with Gasteiger partial charge in [0.15, 0.2) is 5.78 Å². The molecule has 0 saturated carbocycles. The van der Waals surface area contributed by atoms with Crippen molar-refractivity contribution in [2.75, 3.05) is 0 Å². The molecule has 3 nitrogen and oxygen atoms in total. The van der Waals surface area contributed by atoms with E-state index in [9.17, 15) is 9.59 Å². The Morgan fingerprint density at radius 1 is 1.19 bits per heavy atom. The Labute approximate surface area is 95.2 Å². The number of carbonyl (C=O) groups is 2. The van der Waals surface area contributed by atoms with Gasteiger partial charge in [-0.15, -0.1) is 0 Å². The van der Waals surface area contributed by atoms with E-state index in [1.54, 1.807) is 36.5 Å². The highest BCUT2D eigenvalue weighted by atomic mass is 16.1. The molecule has 3 heteroatoms. The normalized spacial score (nSPS) is 25.1. The number of carbonyl (C=O) groups excluding carboxylic acids is 2. The van der Waals surface area contributed by atoms with Crippen LogP contribution in [0.25, 0.3) is 0 Å². The van der Waals surface area contributed by atoms with Crippen molar-refractivity contribution in [2.24, 2.45) is 0 Å². The molecule has 16 heavy (non-hydrogen) atoms. The highest BCUT2D eigenvalue weighted by Gasteiger charge is 2.03. The summed E-state index contributed by atoms with van der Waals surface area (Å²) in [6.07, 6.45) is 11.0. The smallest absolute Gasteiger partial charge is 0.221 e. The van der Waals surface area contributed by atoms with E-state index in [0.29, 0.717) is 17.7 Å². The van der Waals surface area contributed by atoms with Crippen LogP contribution in [-0.4, -0.2) is 11.7 Å². The molecule has 84 valence electrons. The van der Waals surface area contributed by atoms with Crippen LogP contribution in [0.1, 0.15) is 20.3 Å². The number of rotatable bonds is 3. The van der Waals surface area contributed by atoms with Crippen LogP contribution in [0, 0.1) is 0 Å². The van der Waals surface area contributed by atoms with Crippen molar-refractivity contribution in [3.05, 3.63) is 47.7 Å². The van der Waals surface area contributed by atoms with Crippen LogP contribution in [-0.2, 0) is 9.59 Å². The van der Waals surface area contributed by atoms with Gasteiger partial charge in [0.25, 0.3) is 0 Å². The van der Waals surface area contributed by atoms with E-state index in [2.05, 4.69) is 5.32 Å². The maximum absolute atomic E-state index is 11.4. The Morgan fingerprint density at radius 3 is 2.50 bits per heavy atom. The molecule has 0 aliphatic heterocycles. The molecule has 1 amide bonds. The lowest BCUT2D eigenvalue weighted by Crippen LogP contribution is -2.17. The lowest BCUT2D eigenvalue weighted by atomic mass is 10.1. The van der Waals surface area contributed by atoms with Crippen LogP contribution in [0.3, 0.4) is 0 Å². The summed E-state index contributed by atoms with van der Waals surface area (Å²) in [6, 6.07) is 0. The minimum absolute atomic E-state index is 0.109. The molecular formula is C13H15NO2. The van der Waals surface area contributed by atoms with E-state index in [0.717, 1.165) is 0 Å². The van der Waals surface area contributed by atoms with Crippen molar-refractivity contribution < 1.29 is 9.59 Å². The molecule has 1 N–H and O–H groups in total. The summed E-state index contributed by atoms with van der Waals surface area (Å²) in [5.41, 5.74) is 1.39. The molecule has 1 rings (SSSR count). The monoisotopic (exact) mass is 217 g/mol. The first-order valence-electron chi connectivity index (χ1n) is 5.21. The Kier molecular flexibility index (Phi) is 4.45. The molecule has 1 aliphatic rings. The zero-order chi connectivity index (χ0) is 12.0. The van der Waals surface area contributed by atoms with Crippen LogP contribution >= 0.6 is 0 Å². The topological polar surface area (TPSA) is 46.2 Å². The third-order valence-corrected chi connectivity index (χ3v) is 2.07. The second kappa shape index (κ2) is 5.85. The van der Waals surface area contributed by atoms with Crippen molar-refractivity contribution in [3.63, 3.8) is 0 Å². The van der Waals surface area contributed by atoms with Crippen molar-refractivity contribution in [1.29, 1.82) is 0 Å². The van der Waals surface area contributed by atoms with Crippen molar-refractivity contribution in [1.82, 2.24) is 5.32 Å². The van der Waals surface area contributed by atoms with Gasteiger partial charge in [0, 0.05) is 24.6 Å². The summed E-state index contributed by atoms with van der Waals surface area (Å²) in [5.74, 6) is -0.00371. The summed E-state index contributed by atoms with van der Waals surface area (Å²) in [6.45, 7) is 3.29. The zero-order valence-electron chi connectivity index (χ0n) is 9.49. The Bertz CT molecular complexity index is 412. The SMILES string of the molecule is CCC(=O)C1=C/C=C\C(NC(C)=O)=C/C=C\1. The highest BCUT2D eigenvalue weighted by Crippen LogP contribution is 2.07. The van der Waals surface area contributed by atoms with Gasteiger partial charge < -0.3 is 5.32 Å². The lowest BCUT2D eigenvalue weighted by Gasteiger charge is -2.03. The summed E-state index contributed by atoms with van der Waals surface area (Å²) in [7, 11) is 0. The number of nitrogens with one attached hydrogen (secondary N) is 1. The standard InChI is InChI=1S/C13H15NO2/c1-3-13(16)11-6-4-8-12(9-5-7-11)14-10(2)15/h4-9H,3H2,1-2H3,(H,14,15)/b6-4-,7-5?,8-4?,9-5-,11-6?,11-7+,12-8+,12-9?. The predicted molar refractivity (Wildman–Crippen MR) is 63.6 cm³/mol. The number of hydrogen-bond donors (Lipinski definition) is 1. The number of ketones is 1. The molecule has 0 bridgehead atoms. The first-order chi connectivity index (χ1) is 7.63. The Morgan fingerprint density at radius 2 is 1.88 bits per heavy atom. The van der Waals surface area contributed by atoms with Gasteiger partial charge in [0.2, 0.25) is 5.91 Å². The quantitative estimate of drug-likeness (QED) is 0.786. The highest BCUT2D eigenvalue weighted by molar-refractivity contribution is 5.98. The molecule has 0 aromatic heterocycles. The van der Waals surface area contributed by atoms with E-state index in [1.165, 1.54) is 6.92 Å². The molecular weight excluding hydrogens is 202 g/mol. The fourth-order valence-electron chi connectivity index (χ4n) is 1.30. The number of allylic oxidation sites excluding steroid dienone is 7. The van der Waals surface area contributed by atoms with Gasteiger partial charge in [-0.1, -0.05) is 31.2 Å². The second-order valence-corrected chi connectivity index (χ2v) is 3.42. The molecule has 0 radical (unpaired) electrons. The summed E-state index contributed by atoms with van der Waals surface area (Å²) >= 11 is 0. The molecule has 0 aromatic carbocycles. The third-order valence-electron chi connectivity index (χ3n) is 2.07. The predicted octanol–water partition coefficient (Wildman–Crippen LogP) is 2.04. The van der Waals surface area contributed by atoms with Gasteiger partial charge in [-0.3, -0.25) is 9.59 Å². The molecule has 0 fully saturated rings. The number of Topliss-reactive ketones (excluding diaryl/α,β-unsaturated/α-hetero) is 1. The Hall–Kier alpha value is -1.90. The summed E-state index contributed by atoms with van der Waals surface area (Å²) in [4.78, 5) is 22.3. The molecule has 0 aromatic rings. The van der Waals surface area contributed by atoms with Crippen molar-refractivity contribution >= 4 is 11.7 Å². The minimum Gasteiger partial charge on any atom is -0.326 e. The average molecular weight is 217 g/mol. The number of hydrogen-bond acceptors (Lipinski definition) is 2. The number of amides is 1. The fraction of sp³-hybridized carbons (Fsp3) is 0.231. The van der Waals surface area contributed by atoms with Gasteiger partial charge in [0.05, 0.1) is 0 Å². The first kappa shape index (κ1) is 12.2. The lowest BCUT2D eigenvalue weighted by molar-refractivity contribution is -0.118. The Balaban J connectivity index is 2.80. The van der Waals surface area contributed by atoms with Crippen LogP contribution in [0.15, 0.2) is 47.7 Å². The van der Waals surface area contributed by atoms with E-state index in [-0.39, 0.29) is 11.7 Å². The van der Waals surface area contributed by atoms with Crippen LogP contribution < -0.4 is 5.32 Å². The fourth-order valence-corrected chi connectivity index (χ4v) is 1.30. The van der Waals surface area contributed by atoms with Gasteiger partial charge in [-0.05, 0) is 12.2 Å². The first-order valence-corrected chi connectivity index (χ1v) is 5.21. The largest absolute Gasteiger partial charge is 0.326 e. The van der Waals surface area contributed by atoms with Crippen molar-refractivity contribution in [3.8, 4) is 0 Å². The second-order valence-electron chi connectivity index (χ2n) is 3.42. The summed E-state index contributed by atoms with van der Waals surface area (Å²) < 4.78 is 0. The maximum atomic E-state index is 11.4. The van der Waals surface area contributed by atoms with E-state index in [4.69, 9.17) is 0 Å². The van der Waals surface area contributed by atoms with Gasteiger partial charge >= 0.3 is 0 Å². The molecule has 0 spiro atoms. The maximum Gasteiger partial charge on any atom is 0.221 e. The van der Waals surface area contributed by atoms with Gasteiger partial charge in [-0.25, -0.2) is 0 Å². The third kappa shape index (κ3) is 3.69. The van der Waals surface area contributed by atoms with E-state index in [1.807, 2.05) is 6.92 Å². The minimum atomic E-state index is -0.112. The summed E-state index contributed by atoms with van der Waals surface area (Å²) in [5, 5.41) is 2.68. The van der Waals surface area contributed by atoms with Crippen LogP contribution in [0.2, 0.25) is 0 Å². The van der Waals surface area contributed by atoms with E-state index < -0.39 is 0 Å². The van der Waals surface area contributed by atoms with Gasteiger partial charge in [-0.2, -0.15) is 0 Å². The molecule has 0 saturated heterocycles. The molecule has 0 heterocycles. The van der Waals surface area contributed by atoms with Crippen LogP contribution in [0.4, 0.5) is 0 Å². The zero-order valence-corrected chi connectivity index (χ0v) is 9.49.